The Morgan fingerprint density at radius 2 is 1.68 bits per heavy atom. The smallest absolute Gasteiger partial charge is 0.359 e. The first-order chi connectivity index (χ1) is 14.8. The van der Waals surface area contributed by atoms with Crippen LogP contribution in [-0.4, -0.2) is 17.1 Å². The molecule has 7 heteroatoms. The molecule has 2 fully saturated rings. The Kier molecular flexibility index (Phi) is 6.32. The molecule has 1 amide bonds. The normalized spacial score (nSPS) is 26.8. The summed E-state index contributed by atoms with van der Waals surface area (Å²) in [6.45, 7) is 0. The standard InChI is InChI=1S/C24H25F3N2OS/c25-24(26,27)19-8-4-5-15(13-19)14-20-21(28-23(31)29-22(20)30)18-11-9-17(10-12-18)16-6-2-1-3-7-16/h1-8,13,17-18,20-21H,9-12,14H2,(H2,28,29,30,31)/t17-,18-,20?,21?. The first-order valence-electron chi connectivity index (χ1n) is 10.6. The van der Waals surface area contributed by atoms with Crippen LogP contribution >= 0.6 is 12.2 Å². The largest absolute Gasteiger partial charge is 0.416 e. The molecule has 0 bridgehead atoms. The summed E-state index contributed by atoms with van der Waals surface area (Å²) in [5.41, 5.74) is 1.16. The van der Waals surface area contributed by atoms with E-state index in [2.05, 4.69) is 34.9 Å². The van der Waals surface area contributed by atoms with E-state index in [1.165, 1.54) is 11.6 Å². The van der Waals surface area contributed by atoms with Gasteiger partial charge >= 0.3 is 6.18 Å². The molecule has 2 aromatic rings. The SMILES string of the molecule is O=C1NC(=S)NC([C@H]2CC[C@H](c3ccccc3)CC2)C1Cc1cccc(C(F)(F)F)c1. The van der Waals surface area contributed by atoms with Crippen LogP contribution < -0.4 is 10.6 Å². The van der Waals surface area contributed by atoms with Gasteiger partial charge in [-0.1, -0.05) is 48.5 Å². The van der Waals surface area contributed by atoms with Gasteiger partial charge in [-0.3, -0.25) is 4.79 Å². The summed E-state index contributed by atoms with van der Waals surface area (Å²) in [7, 11) is 0. The Morgan fingerprint density at radius 1 is 0.968 bits per heavy atom. The third-order valence-electron chi connectivity index (χ3n) is 6.57. The Bertz CT molecular complexity index is 939. The Hall–Kier alpha value is -2.41. The molecular formula is C24H25F3N2OS. The Morgan fingerprint density at radius 3 is 2.35 bits per heavy atom. The lowest BCUT2D eigenvalue weighted by molar-refractivity contribution is -0.137. The number of benzene rings is 2. The van der Waals surface area contributed by atoms with E-state index in [4.69, 9.17) is 12.2 Å². The van der Waals surface area contributed by atoms with Gasteiger partial charge in [-0.25, -0.2) is 0 Å². The molecule has 2 atom stereocenters. The van der Waals surface area contributed by atoms with Gasteiger partial charge in [0.1, 0.15) is 0 Å². The summed E-state index contributed by atoms with van der Waals surface area (Å²) in [4.78, 5) is 12.8. The first kappa shape index (κ1) is 21.8. The molecule has 31 heavy (non-hydrogen) atoms. The summed E-state index contributed by atoms with van der Waals surface area (Å²) < 4.78 is 39.3. The van der Waals surface area contributed by atoms with Crippen LogP contribution in [0.1, 0.15) is 48.3 Å². The molecule has 0 aromatic heterocycles. The molecule has 1 aliphatic carbocycles. The van der Waals surface area contributed by atoms with Crippen molar-refractivity contribution in [1.82, 2.24) is 10.6 Å². The molecule has 2 N–H and O–H groups in total. The van der Waals surface area contributed by atoms with Crippen LogP contribution in [0.4, 0.5) is 13.2 Å². The molecule has 0 radical (unpaired) electrons. The van der Waals surface area contributed by atoms with E-state index in [1.807, 2.05) is 6.07 Å². The summed E-state index contributed by atoms with van der Waals surface area (Å²) in [5, 5.41) is 6.23. The van der Waals surface area contributed by atoms with Gasteiger partial charge in [-0.2, -0.15) is 13.2 Å². The van der Waals surface area contributed by atoms with E-state index < -0.39 is 17.7 Å². The lowest BCUT2D eigenvalue weighted by atomic mass is 9.71. The number of alkyl halides is 3. The highest BCUT2D eigenvalue weighted by Gasteiger charge is 2.40. The minimum absolute atomic E-state index is 0.174. The van der Waals surface area contributed by atoms with Crippen LogP contribution in [0, 0.1) is 11.8 Å². The van der Waals surface area contributed by atoms with Crippen molar-refractivity contribution in [3.05, 3.63) is 71.3 Å². The topological polar surface area (TPSA) is 41.1 Å². The maximum atomic E-state index is 13.1. The number of carbonyl (C=O) groups is 1. The van der Waals surface area contributed by atoms with Crippen molar-refractivity contribution in [2.75, 3.05) is 0 Å². The number of carbonyl (C=O) groups excluding carboxylic acids is 1. The zero-order valence-corrected chi connectivity index (χ0v) is 17.8. The molecule has 3 nitrogen and oxygen atoms in total. The number of hydrogen-bond acceptors (Lipinski definition) is 2. The molecule has 1 heterocycles. The fraction of sp³-hybridized carbons (Fsp3) is 0.417. The van der Waals surface area contributed by atoms with Gasteiger partial charge in [0.05, 0.1) is 11.5 Å². The molecule has 2 unspecified atom stereocenters. The summed E-state index contributed by atoms with van der Waals surface area (Å²) in [5.74, 6) is 0.0771. The second-order valence-corrected chi connectivity index (χ2v) is 8.93. The summed E-state index contributed by atoms with van der Waals surface area (Å²) >= 11 is 5.22. The van der Waals surface area contributed by atoms with Gasteiger partial charge < -0.3 is 10.6 Å². The number of halogens is 3. The highest BCUT2D eigenvalue weighted by molar-refractivity contribution is 7.80. The molecule has 164 valence electrons. The molecule has 1 saturated carbocycles. The average molecular weight is 447 g/mol. The fourth-order valence-electron chi connectivity index (χ4n) is 4.99. The third-order valence-corrected chi connectivity index (χ3v) is 6.79. The van der Waals surface area contributed by atoms with Gasteiger partial charge in [0.15, 0.2) is 5.11 Å². The predicted molar refractivity (Wildman–Crippen MR) is 117 cm³/mol. The van der Waals surface area contributed by atoms with Gasteiger partial charge in [0.25, 0.3) is 0 Å². The van der Waals surface area contributed by atoms with E-state index in [0.717, 1.165) is 37.8 Å². The van der Waals surface area contributed by atoms with Gasteiger partial charge in [0.2, 0.25) is 5.91 Å². The van der Waals surface area contributed by atoms with Crippen molar-refractivity contribution in [2.45, 2.75) is 50.2 Å². The fourth-order valence-corrected chi connectivity index (χ4v) is 5.22. The van der Waals surface area contributed by atoms with E-state index in [9.17, 15) is 18.0 Å². The molecule has 1 saturated heterocycles. The van der Waals surface area contributed by atoms with Crippen molar-refractivity contribution in [1.29, 1.82) is 0 Å². The van der Waals surface area contributed by atoms with Gasteiger partial charge in [-0.05, 0) is 73.4 Å². The number of nitrogens with one attached hydrogen (secondary N) is 2. The number of hydrogen-bond donors (Lipinski definition) is 2. The maximum absolute atomic E-state index is 13.1. The van der Waals surface area contributed by atoms with Crippen LogP contribution in [-0.2, 0) is 17.4 Å². The van der Waals surface area contributed by atoms with Crippen molar-refractivity contribution in [3.63, 3.8) is 0 Å². The van der Waals surface area contributed by atoms with Crippen molar-refractivity contribution in [2.24, 2.45) is 11.8 Å². The van der Waals surface area contributed by atoms with E-state index in [1.54, 1.807) is 6.07 Å². The van der Waals surface area contributed by atoms with Crippen LogP contribution in [0.2, 0.25) is 0 Å². The third kappa shape index (κ3) is 5.09. The van der Waals surface area contributed by atoms with Crippen molar-refractivity contribution < 1.29 is 18.0 Å². The van der Waals surface area contributed by atoms with Crippen LogP contribution in [0.15, 0.2) is 54.6 Å². The maximum Gasteiger partial charge on any atom is 0.416 e. The second-order valence-electron chi connectivity index (χ2n) is 8.52. The Balaban J connectivity index is 1.49. The van der Waals surface area contributed by atoms with Crippen LogP contribution in [0.5, 0.6) is 0 Å². The van der Waals surface area contributed by atoms with Crippen molar-refractivity contribution in [3.8, 4) is 0 Å². The molecule has 0 spiro atoms. The Labute approximate surface area is 185 Å². The highest BCUT2D eigenvalue weighted by Crippen LogP contribution is 2.39. The summed E-state index contributed by atoms with van der Waals surface area (Å²) in [6, 6.07) is 15.5. The second kappa shape index (κ2) is 8.99. The first-order valence-corrected chi connectivity index (χ1v) is 11.0. The predicted octanol–water partition coefficient (Wildman–Crippen LogP) is 5.21. The van der Waals surface area contributed by atoms with Crippen LogP contribution in [0.25, 0.3) is 0 Å². The van der Waals surface area contributed by atoms with Crippen LogP contribution in [0.3, 0.4) is 0 Å². The molecular weight excluding hydrogens is 421 g/mol. The number of thiocarbonyl (C=S) groups is 1. The highest BCUT2D eigenvalue weighted by atomic mass is 32.1. The molecule has 2 aromatic carbocycles. The zero-order chi connectivity index (χ0) is 22.0. The number of rotatable bonds is 4. The minimum atomic E-state index is -4.40. The molecule has 4 rings (SSSR count). The van der Waals surface area contributed by atoms with Gasteiger partial charge in [-0.15, -0.1) is 0 Å². The summed E-state index contributed by atoms with van der Waals surface area (Å²) in [6.07, 6.45) is -0.206. The molecule has 1 aliphatic heterocycles. The monoisotopic (exact) mass is 446 g/mol. The average Bonchev–Trinajstić information content (AvgIpc) is 2.76. The van der Waals surface area contributed by atoms with Crippen molar-refractivity contribution >= 4 is 23.2 Å². The van der Waals surface area contributed by atoms with E-state index in [-0.39, 0.29) is 24.3 Å². The minimum Gasteiger partial charge on any atom is -0.359 e. The van der Waals surface area contributed by atoms with E-state index >= 15 is 0 Å². The zero-order valence-electron chi connectivity index (χ0n) is 17.0. The van der Waals surface area contributed by atoms with Gasteiger partial charge in [0, 0.05) is 6.04 Å². The van der Waals surface area contributed by atoms with E-state index in [0.29, 0.717) is 16.6 Å². The lowest BCUT2D eigenvalue weighted by Gasteiger charge is -2.41. The number of amides is 1. The quantitative estimate of drug-likeness (QED) is 0.634. The lowest BCUT2D eigenvalue weighted by Crippen LogP contribution is -2.61. The molecule has 2 aliphatic rings.